The van der Waals surface area contributed by atoms with Gasteiger partial charge < -0.3 is 5.11 Å². The van der Waals surface area contributed by atoms with Gasteiger partial charge in [0.15, 0.2) is 11.5 Å². The van der Waals surface area contributed by atoms with E-state index in [-0.39, 0.29) is 5.71 Å². The predicted molar refractivity (Wildman–Crippen MR) is 57.4 cm³/mol. The zero-order chi connectivity index (χ0) is 11.5. The summed E-state index contributed by atoms with van der Waals surface area (Å²) in [5.74, 6) is -0.623. The second kappa shape index (κ2) is 3.97. The molecule has 7 heteroatoms. The third-order valence-electron chi connectivity index (χ3n) is 1.90. The van der Waals surface area contributed by atoms with Crippen molar-refractivity contribution in [2.75, 3.05) is 5.43 Å². The van der Waals surface area contributed by atoms with Gasteiger partial charge >= 0.3 is 5.97 Å². The second-order valence-electron chi connectivity index (χ2n) is 3.06. The van der Waals surface area contributed by atoms with Gasteiger partial charge in [0.05, 0.1) is 0 Å². The fourth-order valence-electron chi connectivity index (χ4n) is 1.06. The number of aliphatic carboxylic acids is 1. The van der Waals surface area contributed by atoms with Gasteiger partial charge in [-0.3, -0.25) is 5.43 Å². The van der Waals surface area contributed by atoms with Crippen LogP contribution in [0.2, 0.25) is 0 Å². The van der Waals surface area contributed by atoms with Gasteiger partial charge in [-0.15, -0.1) is 5.10 Å². The van der Waals surface area contributed by atoms with Crippen molar-refractivity contribution in [2.24, 2.45) is 5.10 Å². The fourth-order valence-corrected chi connectivity index (χ4v) is 1.06. The molecule has 2 aromatic rings. The summed E-state index contributed by atoms with van der Waals surface area (Å²) in [5, 5.41) is 16.4. The quantitative estimate of drug-likeness (QED) is 0.582. The highest BCUT2D eigenvalue weighted by molar-refractivity contribution is 6.34. The number of fused-ring (bicyclic) bond motifs is 1. The summed E-state index contributed by atoms with van der Waals surface area (Å²) in [6, 6.07) is 3.42. The summed E-state index contributed by atoms with van der Waals surface area (Å²) in [7, 11) is 0. The molecule has 0 saturated heterocycles. The first-order valence-electron chi connectivity index (χ1n) is 4.51. The van der Waals surface area contributed by atoms with E-state index in [9.17, 15) is 4.79 Å². The molecule has 0 radical (unpaired) electrons. The summed E-state index contributed by atoms with van der Waals surface area (Å²) in [4.78, 5) is 14.5. The lowest BCUT2D eigenvalue weighted by molar-refractivity contribution is -0.129. The smallest absolute Gasteiger partial charge is 0.351 e. The number of hydrogen-bond donors (Lipinski definition) is 2. The summed E-state index contributed by atoms with van der Waals surface area (Å²) >= 11 is 0. The van der Waals surface area contributed by atoms with Crippen LogP contribution in [-0.4, -0.2) is 31.4 Å². The molecule has 2 N–H and O–H groups in total. The highest BCUT2D eigenvalue weighted by Crippen LogP contribution is 2.04. The van der Waals surface area contributed by atoms with Crippen LogP contribution < -0.4 is 5.43 Å². The van der Waals surface area contributed by atoms with Crippen LogP contribution in [0.3, 0.4) is 0 Å². The largest absolute Gasteiger partial charge is 0.477 e. The molecule has 2 aromatic heterocycles. The van der Waals surface area contributed by atoms with E-state index in [2.05, 4.69) is 20.6 Å². The van der Waals surface area contributed by atoms with E-state index in [1.807, 2.05) is 0 Å². The van der Waals surface area contributed by atoms with Crippen molar-refractivity contribution in [2.45, 2.75) is 6.92 Å². The SMILES string of the molecule is C/C(=N\Nc1ccc2nccn2n1)C(=O)O. The highest BCUT2D eigenvalue weighted by Gasteiger charge is 2.01. The van der Waals surface area contributed by atoms with E-state index in [0.717, 1.165) is 0 Å². The van der Waals surface area contributed by atoms with Crippen molar-refractivity contribution in [3.05, 3.63) is 24.5 Å². The monoisotopic (exact) mass is 219 g/mol. The Morgan fingerprint density at radius 3 is 3.12 bits per heavy atom. The molecule has 0 bridgehead atoms. The van der Waals surface area contributed by atoms with Crippen LogP contribution in [0.5, 0.6) is 0 Å². The predicted octanol–water partition coefficient (Wildman–Crippen LogP) is 0.602. The Balaban J connectivity index is 2.21. The third-order valence-corrected chi connectivity index (χ3v) is 1.90. The number of hydrogen-bond acceptors (Lipinski definition) is 5. The number of imidazole rings is 1. The summed E-state index contributed by atoms with van der Waals surface area (Å²) in [6.07, 6.45) is 3.31. The molecule has 0 amide bonds. The van der Waals surface area contributed by atoms with Crippen LogP contribution >= 0.6 is 0 Å². The van der Waals surface area contributed by atoms with Crippen molar-refractivity contribution in [3.63, 3.8) is 0 Å². The molecule has 2 rings (SSSR count). The van der Waals surface area contributed by atoms with Gasteiger partial charge in [0.1, 0.15) is 5.71 Å². The van der Waals surface area contributed by atoms with Crippen LogP contribution in [-0.2, 0) is 4.79 Å². The maximum absolute atomic E-state index is 10.5. The second-order valence-corrected chi connectivity index (χ2v) is 3.06. The molecular weight excluding hydrogens is 210 g/mol. The van der Waals surface area contributed by atoms with Gasteiger partial charge in [0, 0.05) is 12.4 Å². The fraction of sp³-hybridized carbons (Fsp3) is 0.111. The number of carboxylic acid groups (broad SMARTS) is 1. The van der Waals surface area contributed by atoms with Gasteiger partial charge in [-0.2, -0.15) is 5.10 Å². The Labute approximate surface area is 90.4 Å². The molecule has 2 heterocycles. The topological polar surface area (TPSA) is 91.9 Å². The standard InChI is InChI=1S/C9H9N5O2/c1-6(9(15)16)11-12-7-2-3-8-10-4-5-14(8)13-7/h2-5H,1H3,(H,12,13)(H,15,16)/b11-6+. The first-order chi connectivity index (χ1) is 7.66. The van der Waals surface area contributed by atoms with E-state index < -0.39 is 5.97 Å². The number of nitrogens with zero attached hydrogens (tertiary/aromatic N) is 4. The maximum Gasteiger partial charge on any atom is 0.351 e. The Morgan fingerprint density at radius 1 is 1.56 bits per heavy atom. The van der Waals surface area contributed by atoms with Crippen LogP contribution in [0.4, 0.5) is 5.82 Å². The molecule has 7 nitrogen and oxygen atoms in total. The Morgan fingerprint density at radius 2 is 2.38 bits per heavy atom. The van der Waals surface area contributed by atoms with E-state index in [4.69, 9.17) is 5.11 Å². The third kappa shape index (κ3) is 1.97. The molecule has 0 saturated carbocycles. The van der Waals surface area contributed by atoms with Crippen molar-refractivity contribution in [1.82, 2.24) is 14.6 Å². The molecule has 16 heavy (non-hydrogen) atoms. The lowest BCUT2D eigenvalue weighted by Crippen LogP contribution is -2.10. The highest BCUT2D eigenvalue weighted by atomic mass is 16.4. The van der Waals surface area contributed by atoms with E-state index in [1.165, 1.54) is 6.92 Å². The molecular formula is C9H9N5O2. The average molecular weight is 219 g/mol. The minimum Gasteiger partial charge on any atom is -0.477 e. The lowest BCUT2D eigenvalue weighted by atomic mass is 10.4. The zero-order valence-electron chi connectivity index (χ0n) is 8.45. The molecule has 0 unspecified atom stereocenters. The van der Waals surface area contributed by atoms with Crippen molar-refractivity contribution in [1.29, 1.82) is 0 Å². The van der Waals surface area contributed by atoms with E-state index in [0.29, 0.717) is 11.5 Å². The molecule has 0 atom stereocenters. The number of carbonyl (C=O) groups is 1. The zero-order valence-corrected chi connectivity index (χ0v) is 8.45. The summed E-state index contributed by atoms with van der Waals surface area (Å²) in [5.41, 5.74) is 3.23. The first-order valence-corrected chi connectivity index (χ1v) is 4.51. The molecule has 0 aliphatic heterocycles. The van der Waals surface area contributed by atoms with E-state index >= 15 is 0 Å². The molecule has 0 spiro atoms. The molecule has 0 fully saturated rings. The van der Waals surface area contributed by atoms with Crippen molar-refractivity contribution in [3.8, 4) is 0 Å². The van der Waals surface area contributed by atoms with Crippen LogP contribution in [0.15, 0.2) is 29.6 Å². The maximum atomic E-state index is 10.5. The van der Waals surface area contributed by atoms with Gasteiger partial charge in [-0.05, 0) is 19.1 Å². The number of carboxylic acids is 1. The average Bonchev–Trinajstić information content (AvgIpc) is 2.72. The Hall–Kier alpha value is -2.44. The molecule has 0 aliphatic carbocycles. The van der Waals surface area contributed by atoms with Crippen molar-refractivity contribution < 1.29 is 9.90 Å². The number of nitrogens with one attached hydrogen (secondary N) is 1. The summed E-state index contributed by atoms with van der Waals surface area (Å²) < 4.78 is 1.56. The van der Waals surface area contributed by atoms with Gasteiger partial charge in [-0.25, -0.2) is 14.3 Å². The van der Waals surface area contributed by atoms with Gasteiger partial charge in [-0.1, -0.05) is 0 Å². The van der Waals surface area contributed by atoms with E-state index in [1.54, 1.807) is 29.0 Å². The van der Waals surface area contributed by atoms with Crippen LogP contribution in [0.1, 0.15) is 6.92 Å². The van der Waals surface area contributed by atoms with Crippen molar-refractivity contribution >= 4 is 23.1 Å². The summed E-state index contributed by atoms with van der Waals surface area (Å²) in [6.45, 7) is 1.39. The van der Waals surface area contributed by atoms with Gasteiger partial charge in [0.25, 0.3) is 0 Å². The Kier molecular flexibility index (Phi) is 2.50. The number of rotatable bonds is 3. The minimum atomic E-state index is -1.07. The number of aromatic nitrogens is 3. The Bertz CT molecular complexity index is 560. The molecule has 0 aromatic carbocycles. The van der Waals surface area contributed by atoms with Crippen LogP contribution in [0.25, 0.3) is 5.65 Å². The molecule has 82 valence electrons. The molecule has 0 aliphatic rings. The van der Waals surface area contributed by atoms with Gasteiger partial charge in [0.2, 0.25) is 0 Å². The number of anilines is 1. The number of hydrazone groups is 1. The minimum absolute atomic E-state index is 0.0347. The lowest BCUT2D eigenvalue weighted by Gasteiger charge is -2.00. The van der Waals surface area contributed by atoms with Crippen LogP contribution in [0, 0.1) is 0 Å². The normalized spacial score (nSPS) is 11.7. The first kappa shape index (κ1) is 10.1.